The van der Waals surface area contributed by atoms with Gasteiger partial charge in [-0.05, 0) is 35.8 Å². The van der Waals surface area contributed by atoms with E-state index >= 15 is 0 Å². The van der Waals surface area contributed by atoms with Gasteiger partial charge in [0.15, 0.2) is 0 Å². The van der Waals surface area contributed by atoms with Crippen LogP contribution in [0, 0.1) is 17.0 Å². The van der Waals surface area contributed by atoms with E-state index in [9.17, 15) is 13.6 Å². The fraction of sp³-hybridized carbons (Fsp3) is 0.364. The van der Waals surface area contributed by atoms with Gasteiger partial charge in [-0.3, -0.25) is 4.79 Å². The van der Waals surface area contributed by atoms with Crippen LogP contribution in [-0.4, -0.2) is 17.6 Å². The number of hydrogen-bond donors (Lipinski definition) is 2. The molecule has 0 aliphatic rings. The van der Waals surface area contributed by atoms with Gasteiger partial charge in [-0.15, -0.1) is 0 Å². The van der Waals surface area contributed by atoms with E-state index < -0.39 is 23.0 Å². The minimum absolute atomic E-state index is 0.000323. The maximum absolute atomic E-state index is 13.4. The molecule has 0 heterocycles. The minimum Gasteiger partial charge on any atom is -0.481 e. The number of nitrogens with one attached hydrogen (secondary N) is 1. The molecule has 6 heteroatoms. The van der Waals surface area contributed by atoms with Crippen LogP contribution in [0.3, 0.4) is 0 Å². The van der Waals surface area contributed by atoms with E-state index in [0.29, 0.717) is 0 Å². The van der Waals surface area contributed by atoms with E-state index in [-0.39, 0.29) is 16.7 Å². The highest BCUT2D eigenvalue weighted by molar-refractivity contribution is 9.10. The lowest BCUT2D eigenvalue weighted by Gasteiger charge is -2.20. The first-order chi connectivity index (χ1) is 7.74. The van der Waals surface area contributed by atoms with Gasteiger partial charge in [-0.2, -0.15) is 0 Å². The monoisotopic (exact) mass is 307 g/mol. The third-order valence-corrected chi connectivity index (χ3v) is 2.92. The normalized spacial score (nSPS) is 11.4. The summed E-state index contributed by atoms with van der Waals surface area (Å²) in [5.74, 6) is -2.26. The van der Waals surface area contributed by atoms with E-state index in [1.165, 1.54) is 13.8 Å². The highest BCUT2D eigenvalue weighted by Crippen LogP contribution is 2.24. The molecular weight excluding hydrogens is 296 g/mol. The molecule has 0 radical (unpaired) electrons. The molecule has 1 aromatic rings. The maximum Gasteiger partial charge on any atom is 0.310 e. The van der Waals surface area contributed by atoms with Gasteiger partial charge in [0, 0.05) is 12.6 Å². The van der Waals surface area contributed by atoms with Crippen LogP contribution in [0.15, 0.2) is 16.6 Å². The fourth-order valence-electron chi connectivity index (χ4n) is 1.05. The third kappa shape index (κ3) is 3.39. The Hall–Kier alpha value is -1.17. The van der Waals surface area contributed by atoms with Gasteiger partial charge in [0.25, 0.3) is 0 Å². The van der Waals surface area contributed by atoms with Gasteiger partial charge < -0.3 is 10.4 Å². The SMILES string of the molecule is CC(C)(CNc1cc(F)c(Br)cc1F)C(=O)O. The van der Waals surface area contributed by atoms with Crippen LogP contribution in [0.4, 0.5) is 14.5 Å². The molecule has 0 aromatic heterocycles. The first-order valence-electron chi connectivity index (χ1n) is 4.86. The van der Waals surface area contributed by atoms with Crippen LogP contribution < -0.4 is 5.32 Å². The highest BCUT2D eigenvalue weighted by atomic mass is 79.9. The first-order valence-corrected chi connectivity index (χ1v) is 5.65. The van der Waals surface area contributed by atoms with Crippen molar-refractivity contribution in [1.29, 1.82) is 0 Å². The smallest absolute Gasteiger partial charge is 0.310 e. The molecule has 0 aliphatic carbocycles. The summed E-state index contributed by atoms with van der Waals surface area (Å²) in [6.07, 6.45) is 0. The van der Waals surface area contributed by atoms with Crippen LogP contribution >= 0.6 is 15.9 Å². The van der Waals surface area contributed by atoms with Crippen molar-refractivity contribution in [3.05, 3.63) is 28.2 Å². The quantitative estimate of drug-likeness (QED) is 0.840. The van der Waals surface area contributed by atoms with Crippen LogP contribution in [-0.2, 0) is 4.79 Å². The van der Waals surface area contributed by atoms with E-state index in [1.54, 1.807) is 0 Å². The van der Waals surface area contributed by atoms with Crippen LogP contribution in [0.5, 0.6) is 0 Å². The van der Waals surface area contributed by atoms with Gasteiger partial charge >= 0.3 is 5.97 Å². The Morgan fingerprint density at radius 2 is 2.00 bits per heavy atom. The van der Waals surface area contributed by atoms with E-state index in [4.69, 9.17) is 5.11 Å². The predicted molar refractivity (Wildman–Crippen MR) is 64.0 cm³/mol. The largest absolute Gasteiger partial charge is 0.481 e. The molecule has 0 atom stereocenters. The number of benzene rings is 1. The summed E-state index contributed by atoms with van der Waals surface area (Å²) < 4.78 is 26.6. The summed E-state index contributed by atoms with van der Waals surface area (Å²) in [6, 6.07) is 1.97. The van der Waals surface area contributed by atoms with E-state index in [2.05, 4.69) is 21.2 Å². The molecule has 0 saturated carbocycles. The van der Waals surface area contributed by atoms with Crippen molar-refractivity contribution in [3.63, 3.8) is 0 Å². The Balaban J connectivity index is 2.83. The van der Waals surface area contributed by atoms with Crippen molar-refractivity contribution in [2.24, 2.45) is 5.41 Å². The topological polar surface area (TPSA) is 49.3 Å². The number of hydrogen-bond acceptors (Lipinski definition) is 2. The van der Waals surface area contributed by atoms with Crippen molar-refractivity contribution in [2.75, 3.05) is 11.9 Å². The Labute approximate surface area is 106 Å². The molecule has 94 valence electrons. The second kappa shape index (κ2) is 5.00. The standard InChI is InChI=1S/C11H12BrF2NO2/c1-11(2,10(16)17)5-15-9-4-7(13)6(12)3-8(9)14/h3-4,15H,5H2,1-2H3,(H,16,17). The van der Waals surface area contributed by atoms with Gasteiger partial charge in [0.05, 0.1) is 15.6 Å². The Kier molecular flexibility index (Phi) is 4.08. The first kappa shape index (κ1) is 13.9. The Morgan fingerprint density at radius 3 is 2.53 bits per heavy atom. The van der Waals surface area contributed by atoms with Crippen molar-refractivity contribution in [1.82, 2.24) is 0 Å². The summed E-state index contributed by atoms with van der Waals surface area (Å²) in [6.45, 7) is 2.99. The summed E-state index contributed by atoms with van der Waals surface area (Å²) in [5, 5.41) is 11.5. The second-order valence-electron chi connectivity index (χ2n) is 4.29. The van der Waals surface area contributed by atoms with Gasteiger partial charge in [0.1, 0.15) is 11.6 Å². The molecule has 3 nitrogen and oxygen atoms in total. The summed E-state index contributed by atoms with van der Waals surface area (Å²) in [7, 11) is 0. The summed E-state index contributed by atoms with van der Waals surface area (Å²) >= 11 is 2.86. The van der Waals surface area contributed by atoms with Crippen molar-refractivity contribution < 1.29 is 18.7 Å². The number of halogens is 3. The predicted octanol–water partition coefficient (Wildman–Crippen LogP) is 3.25. The zero-order chi connectivity index (χ0) is 13.2. The maximum atomic E-state index is 13.4. The lowest BCUT2D eigenvalue weighted by atomic mass is 9.94. The average molecular weight is 308 g/mol. The number of carboxylic acid groups (broad SMARTS) is 1. The molecular formula is C11H12BrF2NO2. The van der Waals surface area contributed by atoms with Crippen molar-refractivity contribution in [3.8, 4) is 0 Å². The van der Waals surface area contributed by atoms with Crippen LogP contribution in [0.1, 0.15) is 13.8 Å². The molecule has 0 unspecified atom stereocenters. The number of anilines is 1. The van der Waals surface area contributed by atoms with E-state index in [0.717, 1.165) is 12.1 Å². The average Bonchev–Trinajstić information content (AvgIpc) is 2.21. The lowest BCUT2D eigenvalue weighted by molar-refractivity contribution is -0.146. The molecule has 0 bridgehead atoms. The number of carboxylic acids is 1. The number of carbonyl (C=O) groups is 1. The molecule has 17 heavy (non-hydrogen) atoms. The summed E-state index contributed by atoms with van der Waals surface area (Å²) in [4.78, 5) is 10.8. The number of aliphatic carboxylic acids is 1. The highest BCUT2D eigenvalue weighted by Gasteiger charge is 2.27. The minimum atomic E-state index is -1.06. The van der Waals surface area contributed by atoms with Gasteiger partial charge in [-0.1, -0.05) is 0 Å². The Bertz CT molecular complexity index is 449. The van der Waals surface area contributed by atoms with Crippen molar-refractivity contribution in [2.45, 2.75) is 13.8 Å². The van der Waals surface area contributed by atoms with E-state index in [1.807, 2.05) is 0 Å². The zero-order valence-electron chi connectivity index (χ0n) is 9.35. The molecule has 1 aromatic carbocycles. The molecule has 0 aliphatic heterocycles. The Morgan fingerprint density at radius 1 is 1.41 bits per heavy atom. The van der Waals surface area contributed by atoms with Crippen molar-refractivity contribution >= 4 is 27.6 Å². The molecule has 0 fully saturated rings. The third-order valence-electron chi connectivity index (χ3n) is 2.31. The molecule has 2 N–H and O–H groups in total. The lowest BCUT2D eigenvalue weighted by Crippen LogP contribution is -2.32. The fourth-order valence-corrected chi connectivity index (χ4v) is 1.37. The van der Waals surface area contributed by atoms with Crippen LogP contribution in [0.2, 0.25) is 0 Å². The van der Waals surface area contributed by atoms with Gasteiger partial charge in [0.2, 0.25) is 0 Å². The molecule has 1 rings (SSSR count). The molecule has 0 saturated heterocycles. The molecule has 0 spiro atoms. The van der Waals surface area contributed by atoms with Crippen LogP contribution in [0.25, 0.3) is 0 Å². The zero-order valence-corrected chi connectivity index (χ0v) is 10.9. The summed E-state index contributed by atoms with van der Waals surface area (Å²) in [5.41, 5.74) is -1.12. The second-order valence-corrected chi connectivity index (χ2v) is 5.14. The molecule has 0 amide bonds. The van der Waals surface area contributed by atoms with Gasteiger partial charge in [-0.25, -0.2) is 8.78 Å². The number of rotatable bonds is 4.